The summed E-state index contributed by atoms with van der Waals surface area (Å²) in [5.41, 5.74) is 2.81. The highest BCUT2D eigenvalue weighted by atomic mass is 32.1. The molecule has 1 atom stereocenters. The van der Waals surface area contributed by atoms with Crippen LogP contribution in [0.1, 0.15) is 49.7 Å². The van der Waals surface area contributed by atoms with Crippen molar-refractivity contribution in [3.05, 3.63) is 27.7 Å². The molecule has 0 amide bonds. The summed E-state index contributed by atoms with van der Waals surface area (Å²) in [6.45, 7) is 5.31. The normalized spacial score (nSPS) is 17.6. The summed E-state index contributed by atoms with van der Waals surface area (Å²) in [5, 5.41) is 7.04. The SMILES string of the molecule is CCNC(CC1=CCCCC1)Cc1nc(C)cs1. The Hall–Kier alpha value is -0.670. The molecule has 3 heteroatoms. The highest BCUT2D eigenvalue weighted by Gasteiger charge is 2.14. The van der Waals surface area contributed by atoms with Crippen molar-refractivity contribution in [2.75, 3.05) is 6.54 Å². The Morgan fingerprint density at radius 3 is 2.89 bits per heavy atom. The largest absolute Gasteiger partial charge is 0.314 e. The summed E-state index contributed by atoms with van der Waals surface area (Å²) in [6.07, 6.45) is 10.1. The van der Waals surface area contributed by atoms with E-state index < -0.39 is 0 Å². The van der Waals surface area contributed by atoms with Gasteiger partial charge in [0.1, 0.15) is 0 Å². The van der Waals surface area contributed by atoms with Gasteiger partial charge >= 0.3 is 0 Å². The van der Waals surface area contributed by atoms with E-state index in [1.807, 2.05) is 0 Å². The van der Waals surface area contributed by atoms with E-state index in [4.69, 9.17) is 0 Å². The second kappa shape index (κ2) is 7.05. The van der Waals surface area contributed by atoms with Gasteiger partial charge in [0.05, 0.1) is 5.01 Å². The van der Waals surface area contributed by atoms with Crippen molar-refractivity contribution in [2.24, 2.45) is 0 Å². The summed E-state index contributed by atoms with van der Waals surface area (Å²) in [4.78, 5) is 4.58. The van der Waals surface area contributed by atoms with Gasteiger partial charge in [-0.15, -0.1) is 11.3 Å². The number of nitrogens with zero attached hydrogens (tertiary/aromatic N) is 1. The Balaban J connectivity index is 1.92. The minimum atomic E-state index is 0.560. The van der Waals surface area contributed by atoms with Crippen LogP contribution in [0.3, 0.4) is 0 Å². The Labute approximate surface area is 115 Å². The third-order valence-electron chi connectivity index (χ3n) is 3.47. The zero-order valence-electron chi connectivity index (χ0n) is 11.5. The van der Waals surface area contributed by atoms with Crippen LogP contribution in [-0.4, -0.2) is 17.6 Å². The van der Waals surface area contributed by atoms with Crippen molar-refractivity contribution < 1.29 is 0 Å². The molecule has 2 nitrogen and oxygen atoms in total. The van der Waals surface area contributed by atoms with Crippen molar-refractivity contribution in [3.63, 3.8) is 0 Å². The lowest BCUT2D eigenvalue weighted by atomic mass is 9.93. The molecule has 0 saturated carbocycles. The summed E-state index contributed by atoms with van der Waals surface area (Å²) in [7, 11) is 0. The number of nitrogens with one attached hydrogen (secondary N) is 1. The molecular weight excluding hydrogens is 240 g/mol. The van der Waals surface area contributed by atoms with Crippen LogP contribution in [0.25, 0.3) is 0 Å². The Morgan fingerprint density at radius 2 is 2.28 bits per heavy atom. The quantitative estimate of drug-likeness (QED) is 0.789. The second-order valence-corrected chi connectivity index (χ2v) is 6.10. The standard InChI is InChI=1S/C15H24N2S/c1-3-16-14(9-13-7-5-4-6-8-13)10-15-17-12(2)11-18-15/h7,11,14,16H,3-6,8-10H2,1-2H3. The molecular formula is C15H24N2S. The fourth-order valence-electron chi connectivity index (χ4n) is 2.62. The maximum atomic E-state index is 4.58. The third-order valence-corrected chi connectivity index (χ3v) is 4.46. The smallest absolute Gasteiger partial charge is 0.0943 e. The molecule has 1 aromatic heterocycles. The van der Waals surface area contributed by atoms with Gasteiger partial charge in [-0.05, 0) is 45.6 Å². The summed E-state index contributed by atoms with van der Waals surface area (Å²) in [6, 6.07) is 0.560. The van der Waals surface area contributed by atoms with Gasteiger partial charge in [-0.25, -0.2) is 4.98 Å². The molecule has 1 aliphatic carbocycles. The number of aryl methyl sites for hydroxylation is 1. The van der Waals surface area contributed by atoms with Gasteiger partial charge in [0, 0.05) is 23.5 Å². The minimum Gasteiger partial charge on any atom is -0.314 e. The molecule has 1 heterocycles. The van der Waals surface area contributed by atoms with Gasteiger partial charge in [0.2, 0.25) is 0 Å². The molecule has 0 fully saturated rings. The lowest BCUT2D eigenvalue weighted by Crippen LogP contribution is -2.31. The predicted molar refractivity (Wildman–Crippen MR) is 79.2 cm³/mol. The van der Waals surface area contributed by atoms with Crippen LogP contribution in [0.2, 0.25) is 0 Å². The minimum absolute atomic E-state index is 0.560. The maximum absolute atomic E-state index is 4.58. The highest BCUT2D eigenvalue weighted by molar-refractivity contribution is 7.09. The molecule has 0 radical (unpaired) electrons. The molecule has 1 aliphatic rings. The maximum Gasteiger partial charge on any atom is 0.0943 e. The zero-order chi connectivity index (χ0) is 12.8. The number of hydrogen-bond donors (Lipinski definition) is 1. The van der Waals surface area contributed by atoms with Crippen LogP contribution in [0.4, 0.5) is 0 Å². The van der Waals surface area contributed by atoms with Crippen LogP contribution in [0, 0.1) is 6.92 Å². The number of aromatic nitrogens is 1. The zero-order valence-corrected chi connectivity index (χ0v) is 12.4. The number of allylic oxidation sites excluding steroid dienone is 1. The Kier molecular flexibility index (Phi) is 5.39. The molecule has 0 aromatic carbocycles. The molecule has 0 bridgehead atoms. The molecule has 100 valence electrons. The first kappa shape index (κ1) is 13.8. The third kappa shape index (κ3) is 4.21. The number of rotatable bonds is 6. The van der Waals surface area contributed by atoms with Gasteiger partial charge in [-0.1, -0.05) is 18.6 Å². The van der Waals surface area contributed by atoms with E-state index in [1.165, 1.54) is 37.1 Å². The molecule has 1 N–H and O–H groups in total. The van der Waals surface area contributed by atoms with Gasteiger partial charge < -0.3 is 5.32 Å². The van der Waals surface area contributed by atoms with Gasteiger partial charge in [0.25, 0.3) is 0 Å². The van der Waals surface area contributed by atoms with Crippen molar-refractivity contribution in [3.8, 4) is 0 Å². The van der Waals surface area contributed by atoms with Crippen LogP contribution in [0.5, 0.6) is 0 Å². The van der Waals surface area contributed by atoms with E-state index in [2.05, 4.69) is 35.6 Å². The Bertz CT molecular complexity index is 395. The van der Waals surface area contributed by atoms with E-state index in [9.17, 15) is 0 Å². The Morgan fingerprint density at radius 1 is 1.39 bits per heavy atom. The van der Waals surface area contributed by atoms with Crippen molar-refractivity contribution in [1.82, 2.24) is 10.3 Å². The van der Waals surface area contributed by atoms with E-state index in [0.717, 1.165) is 18.7 Å². The molecule has 1 unspecified atom stereocenters. The van der Waals surface area contributed by atoms with Crippen molar-refractivity contribution >= 4 is 11.3 Å². The fraction of sp³-hybridized carbons (Fsp3) is 0.667. The molecule has 2 rings (SSSR count). The molecule has 1 aromatic rings. The first-order valence-corrected chi connectivity index (χ1v) is 7.98. The monoisotopic (exact) mass is 264 g/mol. The van der Waals surface area contributed by atoms with Crippen LogP contribution >= 0.6 is 11.3 Å². The van der Waals surface area contributed by atoms with E-state index in [1.54, 1.807) is 16.9 Å². The van der Waals surface area contributed by atoms with Crippen LogP contribution in [-0.2, 0) is 6.42 Å². The fourth-order valence-corrected chi connectivity index (χ4v) is 3.47. The molecule has 0 saturated heterocycles. The number of likely N-dealkylation sites (N-methyl/N-ethyl adjacent to an activating group) is 1. The van der Waals surface area contributed by atoms with Crippen molar-refractivity contribution in [2.45, 2.75) is 58.4 Å². The number of thiazole rings is 1. The average molecular weight is 264 g/mol. The van der Waals surface area contributed by atoms with Crippen LogP contribution < -0.4 is 5.32 Å². The lowest BCUT2D eigenvalue weighted by Gasteiger charge is -2.20. The highest BCUT2D eigenvalue weighted by Crippen LogP contribution is 2.23. The van der Waals surface area contributed by atoms with Crippen LogP contribution in [0.15, 0.2) is 17.0 Å². The molecule has 18 heavy (non-hydrogen) atoms. The number of hydrogen-bond acceptors (Lipinski definition) is 3. The topological polar surface area (TPSA) is 24.9 Å². The van der Waals surface area contributed by atoms with Gasteiger partial charge in [-0.2, -0.15) is 0 Å². The summed E-state index contributed by atoms with van der Waals surface area (Å²) >= 11 is 1.80. The first-order chi connectivity index (χ1) is 8.78. The molecule has 0 spiro atoms. The average Bonchev–Trinajstić information content (AvgIpc) is 2.76. The van der Waals surface area contributed by atoms with E-state index in [-0.39, 0.29) is 0 Å². The van der Waals surface area contributed by atoms with Gasteiger partial charge in [0.15, 0.2) is 0 Å². The lowest BCUT2D eigenvalue weighted by molar-refractivity contribution is 0.503. The summed E-state index contributed by atoms with van der Waals surface area (Å²) in [5.74, 6) is 0. The first-order valence-electron chi connectivity index (χ1n) is 7.10. The van der Waals surface area contributed by atoms with Crippen molar-refractivity contribution in [1.29, 1.82) is 0 Å². The van der Waals surface area contributed by atoms with Gasteiger partial charge in [-0.3, -0.25) is 0 Å². The second-order valence-electron chi connectivity index (χ2n) is 5.15. The molecule has 0 aliphatic heterocycles. The van der Waals surface area contributed by atoms with E-state index >= 15 is 0 Å². The summed E-state index contributed by atoms with van der Waals surface area (Å²) < 4.78 is 0. The predicted octanol–water partition coefficient (Wildman–Crippen LogP) is 3.86. The van der Waals surface area contributed by atoms with E-state index in [0.29, 0.717) is 6.04 Å².